The lowest BCUT2D eigenvalue weighted by Gasteiger charge is -1.90. The SMILES string of the molecule is O=[PH+]OCC(O)O.[Al]. The van der Waals surface area contributed by atoms with E-state index in [1.165, 1.54) is 0 Å². The first-order valence-corrected chi connectivity index (χ1v) is 2.44. The highest BCUT2D eigenvalue weighted by Crippen LogP contribution is 1.92. The average molecular weight is 152 g/mol. The van der Waals surface area contributed by atoms with Crippen LogP contribution >= 0.6 is 8.69 Å². The Balaban J connectivity index is 0. The summed E-state index contributed by atoms with van der Waals surface area (Å²) in [6.07, 6.45) is -1.51. The predicted octanol–water partition coefficient (Wildman–Crippen LogP) is -1.13. The summed E-state index contributed by atoms with van der Waals surface area (Å²) in [6, 6.07) is 0. The van der Waals surface area contributed by atoms with Gasteiger partial charge in [0, 0.05) is 17.4 Å². The van der Waals surface area contributed by atoms with Gasteiger partial charge in [-0.15, -0.1) is 4.52 Å². The Bertz CT molecular complexity index is 58.0. The molecule has 45 valence electrons. The number of rotatable bonds is 3. The lowest BCUT2D eigenvalue weighted by Crippen LogP contribution is -2.09. The standard InChI is InChI=1S/C2H6O4P.Al/c3-2(4)1-6-7-5;/h2-4,7H,1H2;/q+1;. The van der Waals surface area contributed by atoms with Gasteiger partial charge in [0.15, 0.2) is 12.9 Å². The zero-order valence-corrected chi connectivity index (χ0v) is 6.23. The van der Waals surface area contributed by atoms with E-state index in [9.17, 15) is 4.57 Å². The normalized spacial score (nSPS) is 9.38. The molecule has 3 radical (unpaired) electrons. The summed E-state index contributed by atoms with van der Waals surface area (Å²) in [5.41, 5.74) is 0. The van der Waals surface area contributed by atoms with E-state index < -0.39 is 15.0 Å². The summed E-state index contributed by atoms with van der Waals surface area (Å²) in [6.45, 7) is -0.290. The topological polar surface area (TPSA) is 66.8 Å². The molecule has 0 spiro atoms. The monoisotopic (exact) mass is 152 g/mol. The molecule has 2 N–H and O–H groups in total. The summed E-state index contributed by atoms with van der Waals surface area (Å²) < 4.78 is 13.5. The molecule has 0 aromatic rings. The van der Waals surface area contributed by atoms with Gasteiger partial charge in [-0.25, -0.2) is 0 Å². The fourth-order valence-electron chi connectivity index (χ4n) is 0.109. The van der Waals surface area contributed by atoms with Crippen LogP contribution in [0.3, 0.4) is 0 Å². The Labute approximate surface area is 58.9 Å². The van der Waals surface area contributed by atoms with Crippen LogP contribution in [0.1, 0.15) is 0 Å². The fraction of sp³-hybridized carbons (Fsp3) is 1.00. The quantitative estimate of drug-likeness (QED) is 0.305. The molecule has 0 aromatic carbocycles. The van der Waals surface area contributed by atoms with Crippen LogP contribution in [0.2, 0.25) is 0 Å². The Morgan fingerprint density at radius 1 is 1.62 bits per heavy atom. The molecule has 0 heterocycles. The molecular weight excluding hydrogens is 146 g/mol. The molecule has 0 saturated heterocycles. The zero-order chi connectivity index (χ0) is 5.70. The smallest absolute Gasteiger partial charge is 0.366 e. The molecule has 0 aromatic heterocycles. The van der Waals surface area contributed by atoms with Gasteiger partial charge in [0.05, 0.1) is 0 Å². The van der Waals surface area contributed by atoms with Gasteiger partial charge in [-0.3, -0.25) is 0 Å². The summed E-state index contributed by atoms with van der Waals surface area (Å²) in [5, 5.41) is 16.0. The second-order valence-electron chi connectivity index (χ2n) is 0.875. The highest BCUT2D eigenvalue weighted by Gasteiger charge is 1.98. The Morgan fingerprint density at radius 2 is 2.12 bits per heavy atom. The lowest BCUT2D eigenvalue weighted by atomic mass is 10.7. The van der Waals surface area contributed by atoms with E-state index >= 15 is 0 Å². The van der Waals surface area contributed by atoms with Gasteiger partial charge < -0.3 is 10.2 Å². The van der Waals surface area contributed by atoms with Gasteiger partial charge in [0.25, 0.3) is 0 Å². The minimum Gasteiger partial charge on any atom is -0.366 e. The van der Waals surface area contributed by atoms with Crippen molar-refractivity contribution in [2.75, 3.05) is 6.61 Å². The third kappa shape index (κ3) is 9.72. The van der Waals surface area contributed by atoms with Crippen molar-refractivity contribution in [1.82, 2.24) is 0 Å². The number of hydrogen-bond donors (Lipinski definition) is 2. The molecule has 0 amide bonds. The first-order chi connectivity index (χ1) is 3.27. The van der Waals surface area contributed by atoms with E-state index in [-0.39, 0.29) is 24.0 Å². The van der Waals surface area contributed by atoms with Crippen LogP contribution in [-0.4, -0.2) is 40.5 Å². The number of aliphatic hydroxyl groups excluding tert-OH is 1. The van der Waals surface area contributed by atoms with Crippen LogP contribution in [0.4, 0.5) is 0 Å². The van der Waals surface area contributed by atoms with E-state index in [0.717, 1.165) is 0 Å². The second kappa shape index (κ2) is 7.51. The van der Waals surface area contributed by atoms with Gasteiger partial charge in [-0.2, -0.15) is 0 Å². The van der Waals surface area contributed by atoms with E-state index in [4.69, 9.17) is 10.2 Å². The van der Waals surface area contributed by atoms with Gasteiger partial charge in [0.1, 0.15) is 0 Å². The third-order valence-corrected chi connectivity index (χ3v) is 0.576. The third-order valence-electron chi connectivity index (χ3n) is 0.291. The van der Waals surface area contributed by atoms with Crippen LogP contribution in [0.5, 0.6) is 0 Å². The molecule has 0 aliphatic heterocycles. The van der Waals surface area contributed by atoms with Crippen molar-refractivity contribution in [2.45, 2.75) is 6.29 Å². The van der Waals surface area contributed by atoms with Gasteiger partial charge in [-0.05, 0) is 4.57 Å². The Morgan fingerprint density at radius 3 is 2.25 bits per heavy atom. The predicted molar refractivity (Wildman–Crippen MR) is 28.9 cm³/mol. The van der Waals surface area contributed by atoms with Crippen LogP contribution in [0, 0.1) is 0 Å². The summed E-state index contributed by atoms with van der Waals surface area (Å²) in [7, 11) is -0.919. The van der Waals surface area contributed by atoms with Crippen LogP contribution in [-0.2, 0) is 9.09 Å². The van der Waals surface area contributed by atoms with Crippen LogP contribution in [0.15, 0.2) is 0 Å². The van der Waals surface area contributed by atoms with Gasteiger partial charge >= 0.3 is 8.69 Å². The van der Waals surface area contributed by atoms with Crippen molar-refractivity contribution in [3.8, 4) is 0 Å². The molecule has 0 aliphatic carbocycles. The molecule has 1 unspecified atom stereocenters. The molecule has 0 bridgehead atoms. The number of hydrogen-bond acceptors (Lipinski definition) is 4. The summed E-state index contributed by atoms with van der Waals surface area (Å²) in [5.74, 6) is 0. The van der Waals surface area contributed by atoms with Gasteiger partial charge in [0.2, 0.25) is 0 Å². The maximum absolute atomic E-state index is 9.42. The molecule has 8 heavy (non-hydrogen) atoms. The maximum atomic E-state index is 9.42. The van der Waals surface area contributed by atoms with Crippen molar-refractivity contribution >= 4 is 26.0 Å². The Hall–Kier alpha value is 0.512. The van der Waals surface area contributed by atoms with E-state index in [2.05, 4.69) is 4.52 Å². The summed E-state index contributed by atoms with van der Waals surface area (Å²) in [4.78, 5) is 0. The van der Waals surface area contributed by atoms with Crippen LogP contribution in [0.25, 0.3) is 0 Å². The van der Waals surface area contributed by atoms with Crippen molar-refractivity contribution < 1.29 is 19.3 Å². The molecule has 0 aliphatic rings. The van der Waals surface area contributed by atoms with E-state index in [0.29, 0.717) is 0 Å². The van der Waals surface area contributed by atoms with Crippen molar-refractivity contribution in [3.63, 3.8) is 0 Å². The first kappa shape index (κ1) is 11.3. The molecule has 0 fully saturated rings. The molecular formula is C2H6AlO4P+. The van der Waals surface area contributed by atoms with Crippen molar-refractivity contribution in [2.24, 2.45) is 0 Å². The highest BCUT2D eigenvalue weighted by atomic mass is 31.1. The molecule has 0 saturated carbocycles. The highest BCUT2D eigenvalue weighted by molar-refractivity contribution is 7.17. The zero-order valence-electron chi connectivity index (χ0n) is 4.07. The summed E-state index contributed by atoms with van der Waals surface area (Å²) >= 11 is 0. The Kier molecular flexibility index (Phi) is 10.6. The molecule has 6 heteroatoms. The van der Waals surface area contributed by atoms with Gasteiger partial charge in [-0.1, -0.05) is 0 Å². The van der Waals surface area contributed by atoms with E-state index in [1.54, 1.807) is 0 Å². The number of aliphatic hydroxyl groups is 2. The minimum absolute atomic E-state index is 0. The van der Waals surface area contributed by atoms with Crippen molar-refractivity contribution in [1.29, 1.82) is 0 Å². The largest absolute Gasteiger partial charge is 0.494 e. The van der Waals surface area contributed by atoms with Crippen LogP contribution < -0.4 is 0 Å². The fourth-order valence-corrected chi connectivity index (χ4v) is 0.326. The maximum Gasteiger partial charge on any atom is 0.494 e. The average Bonchev–Trinajstić information content (AvgIpc) is 1.61. The molecule has 1 atom stereocenters. The first-order valence-electron chi connectivity index (χ1n) is 1.62. The molecule has 4 nitrogen and oxygen atoms in total. The van der Waals surface area contributed by atoms with Crippen molar-refractivity contribution in [3.05, 3.63) is 0 Å². The second-order valence-corrected chi connectivity index (χ2v) is 1.33. The molecule has 0 rings (SSSR count). The van der Waals surface area contributed by atoms with E-state index in [1.807, 2.05) is 0 Å². The minimum atomic E-state index is -1.51. The lowest BCUT2D eigenvalue weighted by molar-refractivity contribution is -0.0657.